The predicted octanol–water partition coefficient (Wildman–Crippen LogP) is 5.94. The molecule has 3 aromatic carbocycles. The van der Waals surface area contributed by atoms with Crippen LogP contribution in [0.15, 0.2) is 59.5 Å². The van der Waals surface area contributed by atoms with Crippen molar-refractivity contribution in [2.45, 2.75) is 50.7 Å². The highest BCUT2D eigenvalue weighted by atomic mass is 32.3. The lowest BCUT2D eigenvalue weighted by Gasteiger charge is -2.42. The van der Waals surface area contributed by atoms with Crippen LogP contribution in [0.2, 0.25) is 0 Å². The Kier molecular flexibility index (Phi) is 6.68. The van der Waals surface area contributed by atoms with E-state index in [4.69, 9.17) is 4.74 Å². The molecule has 0 saturated carbocycles. The zero-order valence-corrected chi connectivity index (χ0v) is 22.2. The summed E-state index contributed by atoms with van der Waals surface area (Å²) < 4.78 is 32.2. The minimum absolute atomic E-state index is 0.150. The van der Waals surface area contributed by atoms with Gasteiger partial charge in [-0.1, -0.05) is 41.6 Å². The number of aryl methyl sites for hydroxylation is 3. The van der Waals surface area contributed by atoms with Gasteiger partial charge in [-0.05, 0) is 66.8 Å². The van der Waals surface area contributed by atoms with E-state index in [1.165, 1.54) is 0 Å². The molecule has 0 aliphatic carbocycles. The van der Waals surface area contributed by atoms with E-state index in [9.17, 15) is 14.4 Å². The third-order valence-corrected chi connectivity index (χ3v) is 9.09. The molecule has 192 valence electrons. The van der Waals surface area contributed by atoms with Crippen molar-refractivity contribution in [1.29, 1.82) is 5.26 Å². The summed E-state index contributed by atoms with van der Waals surface area (Å²) in [7, 11) is -1.39. The van der Waals surface area contributed by atoms with Crippen molar-refractivity contribution in [3.63, 3.8) is 0 Å². The van der Waals surface area contributed by atoms with Crippen molar-refractivity contribution in [3.05, 3.63) is 82.4 Å². The van der Waals surface area contributed by atoms with Gasteiger partial charge >= 0.3 is 0 Å². The maximum absolute atomic E-state index is 11.3. The highest BCUT2D eigenvalue weighted by Crippen LogP contribution is 2.57. The number of hydrogen-bond acceptors (Lipinski definition) is 7. The van der Waals surface area contributed by atoms with E-state index in [1.807, 2.05) is 46.0 Å². The Balaban J connectivity index is 1.53. The molecule has 1 aliphatic heterocycles. The van der Waals surface area contributed by atoms with Crippen molar-refractivity contribution in [1.82, 2.24) is 19.3 Å². The fraction of sp³-hybridized carbons (Fsp3) is 0.321. The van der Waals surface area contributed by atoms with Gasteiger partial charge in [0.2, 0.25) is 0 Å². The zero-order valence-electron chi connectivity index (χ0n) is 21.4. The van der Waals surface area contributed by atoms with Gasteiger partial charge in [-0.15, -0.1) is 15.9 Å². The average Bonchev–Trinajstić information content (AvgIpc) is 3.21. The Bertz CT molecular complexity index is 1510. The second-order valence-corrected chi connectivity index (χ2v) is 11.7. The number of fused-ring (bicyclic) bond motifs is 2. The Morgan fingerprint density at radius 2 is 1.95 bits per heavy atom. The summed E-state index contributed by atoms with van der Waals surface area (Å²) in [6.45, 7) is 6.68. The Morgan fingerprint density at radius 3 is 2.73 bits per heavy atom. The lowest BCUT2D eigenvalue weighted by atomic mass is 9.84. The van der Waals surface area contributed by atoms with Gasteiger partial charge in [0.25, 0.3) is 0 Å². The van der Waals surface area contributed by atoms with E-state index < -0.39 is 10.8 Å². The van der Waals surface area contributed by atoms with Gasteiger partial charge in [0.15, 0.2) is 0 Å². The molecule has 0 amide bonds. The summed E-state index contributed by atoms with van der Waals surface area (Å²) in [6, 6.07) is 19.7. The topological polar surface area (TPSA) is 107 Å². The van der Waals surface area contributed by atoms with Crippen LogP contribution < -0.4 is 4.74 Å². The summed E-state index contributed by atoms with van der Waals surface area (Å²) in [5.41, 5.74) is 6.86. The molecule has 0 bridgehead atoms. The molecule has 37 heavy (non-hydrogen) atoms. The van der Waals surface area contributed by atoms with Crippen LogP contribution in [-0.2, 0) is 13.6 Å². The quantitative estimate of drug-likeness (QED) is 0.337. The van der Waals surface area contributed by atoms with Gasteiger partial charge in [-0.2, -0.15) is 9.57 Å². The molecule has 2 atom stereocenters. The van der Waals surface area contributed by atoms with Crippen LogP contribution >= 0.6 is 10.8 Å². The normalized spacial score (nSPS) is 18.9. The van der Waals surface area contributed by atoms with E-state index in [0.717, 1.165) is 38.9 Å². The molecule has 4 aromatic rings. The highest BCUT2D eigenvalue weighted by molar-refractivity contribution is 8.22. The molecular formula is C28H31N5O3S. The first-order valence-corrected chi connectivity index (χ1v) is 13.8. The highest BCUT2D eigenvalue weighted by Gasteiger charge is 2.34. The zero-order chi connectivity index (χ0) is 26.3. The van der Waals surface area contributed by atoms with Crippen molar-refractivity contribution < 1.29 is 13.8 Å². The molecule has 2 N–H and O–H groups in total. The van der Waals surface area contributed by atoms with Crippen LogP contribution in [0.3, 0.4) is 0 Å². The first-order valence-electron chi connectivity index (χ1n) is 12.2. The number of aromatic nitrogens is 3. The number of nitriles is 1. The average molecular weight is 518 g/mol. The van der Waals surface area contributed by atoms with Gasteiger partial charge in [0.1, 0.15) is 22.3 Å². The summed E-state index contributed by atoms with van der Waals surface area (Å²) in [5, 5.41) is 18.2. The molecule has 0 saturated heterocycles. The summed E-state index contributed by atoms with van der Waals surface area (Å²) in [5.74, 6) is 0.357. The molecule has 9 heteroatoms. The molecule has 2 heterocycles. The van der Waals surface area contributed by atoms with E-state index in [1.54, 1.807) is 27.2 Å². The Hall–Kier alpha value is -3.42. The van der Waals surface area contributed by atoms with Crippen LogP contribution in [-0.4, -0.2) is 41.1 Å². The minimum Gasteiger partial charge on any atom is -0.487 e. The number of ether oxygens (including phenoxy) is 1. The summed E-state index contributed by atoms with van der Waals surface area (Å²) >= 11 is 0. The fourth-order valence-electron chi connectivity index (χ4n) is 5.11. The minimum atomic E-state index is -3.25. The third kappa shape index (κ3) is 4.58. The van der Waals surface area contributed by atoms with Gasteiger partial charge in [-0.3, -0.25) is 9.11 Å². The molecule has 5 rings (SSSR count). The smallest absolute Gasteiger partial charge is 0.144 e. The van der Waals surface area contributed by atoms with Crippen LogP contribution in [0, 0.1) is 25.2 Å². The van der Waals surface area contributed by atoms with Crippen molar-refractivity contribution in [2.75, 3.05) is 6.54 Å². The predicted molar refractivity (Wildman–Crippen MR) is 145 cm³/mol. The van der Waals surface area contributed by atoms with Gasteiger partial charge in [-0.25, -0.2) is 4.68 Å². The lowest BCUT2D eigenvalue weighted by Crippen LogP contribution is -2.33. The maximum atomic E-state index is 11.3. The molecule has 1 aliphatic rings. The number of rotatable bonds is 5. The van der Waals surface area contributed by atoms with Gasteiger partial charge in [0, 0.05) is 25.9 Å². The van der Waals surface area contributed by atoms with Crippen molar-refractivity contribution >= 4 is 21.8 Å². The van der Waals surface area contributed by atoms with Crippen LogP contribution in [0.1, 0.15) is 47.1 Å². The molecule has 1 unspecified atom stereocenters. The van der Waals surface area contributed by atoms with E-state index >= 15 is 0 Å². The second kappa shape index (κ2) is 9.80. The molecule has 1 aromatic heterocycles. The molecule has 0 radical (unpaired) electrons. The van der Waals surface area contributed by atoms with Crippen LogP contribution in [0.25, 0.3) is 11.0 Å². The first-order chi connectivity index (χ1) is 17.7. The number of benzene rings is 3. The molecular weight excluding hydrogens is 486 g/mol. The second-order valence-electron chi connectivity index (χ2n) is 9.68. The lowest BCUT2D eigenvalue weighted by molar-refractivity contribution is 0.186. The standard InChI is InChI=1S/C28H31N5O3S/c1-18-9-10-21(24(13-14-29)23-11-12-25-28(20(23)3)30-31-32(25)4)15-22(18)17-33-16-19(2)36-26-7-5-6-8-27(26)37(33,34)35/h5-12,15,19,24,34-35H,13,16-17H2,1-4H3/t19-,24?/m1/s1. The SMILES string of the molecule is Cc1ccc(C(CC#N)c2ccc3c(nnn3C)c2C)cc1CN1C[C@@H](C)Oc2ccccc2S1(O)O. The Labute approximate surface area is 218 Å². The van der Waals surface area contributed by atoms with E-state index in [2.05, 4.69) is 34.6 Å². The van der Waals surface area contributed by atoms with E-state index in [-0.39, 0.29) is 12.0 Å². The van der Waals surface area contributed by atoms with E-state index in [0.29, 0.717) is 30.2 Å². The third-order valence-electron chi connectivity index (χ3n) is 7.17. The molecule has 8 nitrogen and oxygen atoms in total. The van der Waals surface area contributed by atoms with Crippen molar-refractivity contribution in [3.8, 4) is 11.8 Å². The Morgan fingerprint density at radius 1 is 1.16 bits per heavy atom. The fourth-order valence-corrected chi connectivity index (χ4v) is 6.77. The summed E-state index contributed by atoms with van der Waals surface area (Å²) in [4.78, 5) is 0.406. The number of para-hydroxylation sites is 1. The van der Waals surface area contributed by atoms with Gasteiger partial charge < -0.3 is 4.74 Å². The molecule has 0 fully saturated rings. The first kappa shape index (κ1) is 25.2. The number of nitrogens with zero attached hydrogens (tertiary/aromatic N) is 5. The monoisotopic (exact) mass is 517 g/mol. The molecule has 0 spiro atoms. The maximum Gasteiger partial charge on any atom is 0.144 e. The van der Waals surface area contributed by atoms with Crippen LogP contribution in [0.5, 0.6) is 5.75 Å². The summed E-state index contributed by atoms with van der Waals surface area (Å²) in [6.07, 6.45) is 0.0951. The van der Waals surface area contributed by atoms with Gasteiger partial charge in [0.05, 0.1) is 18.1 Å². The van der Waals surface area contributed by atoms with Crippen LogP contribution in [0.4, 0.5) is 0 Å². The number of hydrogen-bond donors (Lipinski definition) is 2. The largest absolute Gasteiger partial charge is 0.487 e. The van der Waals surface area contributed by atoms with Crippen molar-refractivity contribution in [2.24, 2.45) is 7.05 Å².